The summed E-state index contributed by atoms with van der Waals surface area (Å²) < 4.78 is 0. The minimum absolute atomic E-state index is 0.133. The molecule has 0 saturated carbocycles. The molecule has 0 amide bonds. The maximum atomic E-state index is 5.04. The van der Waals surface area contributed by atoms with E-state index in [9.17, 15) is 0 Å². The van der Waals surface area contributed by atoms with Gasteiger partial charge in [0, 0.05) is 17.2 Å². The minimum Gasteiger partial charge on any atom is -0.255 e. The number of hydrogen-bond donors (Lipinski definition) is 0. The molecule has 212 valence electrons. The Morgan fingerprint density at radius 2 is 1.13 bits per heavy atom. The van der Waals surface area contributed by atoms with E-state index in [-0.39, 0.29) is 5.41 Å². The van der Waals surface area contributed by atoms with E-state index in [1.807, 2.05) is 30.5 Å². The summed E-state index contributed by atoms with van der Waals surface area (Å²) in [5.74, 6) is 0. The van der Waals surface area contributed by atoms with Crippen LogP contribution >= 0.6 is 0 Å². The highest BCUT2D eigenvalue weighted by molar-refractivity contribution is 6.19. The molecule has 2 aromatic heterocycles. The number of benzene rings is 6. The molecule has 1 aliphatic carbocycles. The molecular formula is C43H30N2. The fraction of sp³-hybridized carbons (Fsp3) is 0.0698. The fourth-order valence-corrected chi connectivity index (χ4v) is 7.59. The first kappa shape index (κ1) is 25.9. The Kier molecular flexibility index (Phi) is 5.58. The van der Waals surface area contributed by atoms with Crippen molar-refractivity contribution in [3.8, 4) is 44.9 Å². The SMILES string of the molecule is CC1(C)c2cc3cc(-c4ccccc4-c4cccc(-c5ccccn5)n4)ccc3cc2-c2c1c1ccccc1c1ccccc21. The Balaban J connectivity index is 1.22. The number of fused-ring (bicyclic) bond motifs is 9. The predicted molar refractivity (Wildman–Crippen MR) is 188 cm³/mol. The van der Waals surface area contributed by atoms with Crippen LogP contribution in [0.2, 0.25) is 0 Å². The molecule has 0 spiro atoms. The molecule has 8 aromatic rings. The van der Waals surface area contributed by atoms with Gasteiger partial charge in [0.1, 0.15) is 0 Å². The Morgan fingerprint density at radius 1 is 0.467 bits per heavy atom. The second kappa shape index (κ2) is 9.70. The summed E-state index contributed by atoms with van der Waals surface area (Å²) in [6.45, 7) is 4.79. The number of rotatable bonds is 3. The number of pyridine rings is 2. The standard InChI is InChI=1S/C43H30N2/c1-43(2)37-26-29-24-28(30-12-3-6-15-33(30)38-19-11-20-40(45-38)39-18-9-10-23-44-39)22-21-27(29)25-36(37)41-34-16-7-4-13-31(34)32-14-5-8-17-35(32)42(41)43/h3-26H,1-2H3. The highest BCUT2D eigenvalue weighted by Gasteiger charge is 2.38. The van der Waals surface area contributed by atoms with Crippen LogP contribution in [0.25, 0.3) is 77.2 Å². The quantitative estimate of drug-likeness (QED) is 0.196. The highest BCUT2D eigenvalue weighted by atomic mass is 14.8. The minimum atomic E-state index is -0.133. The van der Waals surface area contributed by atoms with E-state index in [0.717, 1.165) is 22.6 Å². The van der Waals surface area contributed by atoms with Crippen molar-refractivity contribution in [2.45, 2.75) is 19.3 Å². The van der Waals surface area contributed by atoms with Gasteiger partial charge in [-0.3, -0.25) is 4.98 Å². The lowest BCUT2D eigenvalue weighted by molar-refractivity contribution is 0.667. The van der Waals surface area contributed by atoms with Crippen LogP contribution in [0.4, 0.5) is 0 Å². The monoisotopic (exact) mass is 574 g/mol. The highest BCUT2D eigenvalue weighted by Crippen LogP contribution is 2.55. The van der Waals surface area contributed by atoms with E-state index < -0.39 is 0 Å². The van der Waals surface area contributed by atoms with Crippen molar-refractivity contribution >= 4 is 32.3 Å². The second-order valence-electron chi connectivity index (χ2n) is 12.6. The van der Waals surface area contributed by atoms with E-state index in [1.165, 1.54) is 65.7 Å². The van der Waals surface area contributed by atoms with Crippen molar-refractivity contribution in [1.82, 2.24) is 9.97 Å². The summed E-state index contributed by atoms with van der Waals surface area (Å²) >= 11 is 0. The first-order valence-corrected chi connectivity index (χ1v) is 15.6. The summed E-state index contributed by atoms with van der Waals surface area (Å²) in [7, 11) is 0. The number of aromatic nitrogens is 2. The third-order valence-electron chi connectivity index (χ3n) is 9.67. The van der Waals surface area contributed by atoms with Crippen molar-refractivity contribution in [2.24, 2.45) is 0 Å². The first-order chi connectivity index (χ1) is 22.1. The molecular weight excluding hydrogens is 544 g/mol. The second-order valence-corrected chi connectivity index (χ2v) is 12.6. The van der Waals surface area contributed by atoms with E-state index in [4.69, 9.17) is 4.98 Å². The molecule has 9 rings (SSSR count). The topological polar surface area (TPSA) is 25.8 Å². The van der Waals surface area contributed by atoms with Gasteiger partial charge in [-0.1, -0.05) is 111 Å². The maximum Gasteiger partial charge on any atom is 0.0893 e. The fourth-order valence-electron chi connectivity index (χ4n) is 7.59. The molecule has 0 fully saturated rings. The maximum absolute atomic E-state index is 5.04. The van der Waals surface area contributed by atoms with Crippen LogP contribution in [0.3, 0.4) is 0 Å². The van der Waals surface area contributed by atoms with E-state index in [2.05, 4.69) is 134 Å². The van der Waals surface area contributed by atoms with E-state index in [0.29, 0.717) is 0 Å². The predicted octanol–water partition coefficient (Wildman–Crippen LogP) is 11.2. The largest absolute Gasteiger partial charge is 0.255 e. The van der Waals surface area contributed by atoms with Crippen molar-refractivity contribution in [3.63, 3.8) is 0 Å². The molecule has 1 aliphatic rings. The average molecular weight is 575 g/mol. The molecule has 2 heteroatoms. The van der Waals surface area contributed by atoms with Gasteiger partial charge in [-0.2, -0.15) is 0 Å². The molecule has 0 aliphatic heterocycles. The zero-order valence-corrected chi connectivity index (χ0v) is 25.3. The normalized spacial score (nSPS) is 13.3. The third-order valence-corrected chi connectivity index (χ3v) is 9.67. The van der Waals surface area contributed by atoms with Gasteiger partial charge in [0.15, 0.2) is 0 Å². The molecule has 6 aromatic carbocycles. The van der Waals surface area contributed by atoms with Gasteiger partial charge in [-0.25, -0.2) is 4.98 Å². The zero-order valence-electron chi connectivity index (χ0n) is 25.3. The van der Waals surface area contributed by atoms with Gasteiger partial charge < -0.3 is 0 Å². The van der Waals surface area contributed by atoms with Gasteiger partial charge in [-0.15, -0.1) is 0 Å². The van der Waals surface area contributed by atoms with Crippen LogP contribution < -0.4 is 0 Å². The Hall–Kier alpha value is -5.60. The summed E-state index contributed by atoms with van der Waals surface area (Å²) in [4.78, 5) is 9.56. The van der Waals surface area contributed by atoms with Crippen molar-refractivity contribution in [2.75, 3.05) is 0 Å². The molecule has 0 unspecified atom stereocenters. The lowest BCUT2D eigenvalue weighted by Gasteiger charge is -2.24. The van der Waals surface area contributed by atoms with E-state index in [1.54, 1.807) is 0 Å². The number of nitrogens with zero attached hydrogens (tertiary/aromatic N) is 2. The molecule has 0 bridgehead atoms. The Labute approximate surface area is 262 Å². The van der Waals surface area contributed by atoms with Crippen LogP contribution in [0.15, 0.2) is 146 Å². The van der Waals surface area contributed by atoms with Gasteiger partial charge in [0.2, 0.25) is 0 Å². The average Bonchev–Trinajstić information content (AvgIpc) is 3.33. The molecule has 2 nitrogen and oxygen atoms in total. The van der Waals surface area contributed by atoms with Crippen LogP contribution in [0.5, 0.6) is 0 Å². The zero-order chi connectivity index (χ0) is 30.1. The van der Waals surface area contributed by atoms with Gasteiger partial charge in [-0.05, 0) is 108 Å². The van der Waals surface area contributed by atoms with Gasteiger partial charge in [0.25, 0.3) is 0 Å². The molecule has 0 radical (unpaired) electrons. The van der Waals surface area contributed by atoms with Gasteiger partial charge >= 0.3 is 0 Å². The summed E-state index contributed by atoms with van der Waals surface area (Å²) in [5.41, 5.74) is 11.6. The lowest BCUT2D eigenvalue weighted by atomic mass is 9.79. The van der Waals surface area contributed by atoms with Crippen molar-refractivity contribution in [1.29, 1.82) is 0 Å². The van der Waals surface area contributed by atoms with Crippen LogP contribution in [-0.2, 0) is 5.41 Å². The van der Waals surface area contributed by atoms with Crippen LogP contribution in [0.1, 0.15) is 25.0 Å². The molecule has 2 heterocycles. The van der Waals surface area contributed by atoms with Crippen molar-refractivity contribution in [3.05, 3.63) is 157 Å². The Bertz CT molecular complexity index is 2450. The molecule has 45 heavy (non-hydrogen) atoms. The summed E-state index contributed by atoms with van der Waals surface area (Å²) in [5, 5.41) is 7.85. The summed E-state index contributed by atoms with van der Waals surface area (Å²) in [6.07, 6.45) is 1.81. The van der Waals surface area contributed by atoms with Crippen molar-refractivity contribution < 1.29 is 0 Å². The molecule has 0 saturated heterocycles. The molecule has 0 atom stereocenters. The smallest absolute Gasteiger partial charge is 0.0893 e. The van der Waals surface area contributed by atoms with Gasteiger partial charge in [0.05, 0.1) is 17.1 Å². The number of hydrogen-bond acceptors (Lipinski definition) is 2. The first-order valence-electron chi connectivity index (χ1n) is 15.6. The third kappa shape index (κ3) is 3.89. The van der Waals surface area contributed by atoms with Crippen LogP contribution in [-0.4, -0.2) is 9.97 Å². The Morgan fingerprint density at radius 3 is 1.93 bits per heavy atom. The molecule has 0 N–H and O–H groups in total. The summed E-state index contributed by atoms with van der Waals surface area (Å²) in [6, 6.07) is 50.3. The lowest BCUT2D eigenvalue weighted by Crippen LogP contribution is -2.15. The van der Waals surface area contributed by atoms with E-state index >= 15 is 0 Å². The van der Waals surface area contributed by atoms with Crippen LogP contribution in [0, 0.1) is 0 Å².